The van der Waals surface area contributed by atoms with E-state index in [4.69, 9.17) is 21.1 Å². The van der Waals surface area contributed by atoms with Crippen LogP contribution in [0.3, 0.4) is 0 Å². The third-order valence-corrected chi connectivity index (χ3v) is 4.68. The summed E-state index contributed by atoms with van der Waals surface area (Å²) in [4.78, 5) is 26.5. The van der Waals surface area contributed by atoms with E-state index in [0.29, 0.717) is 22.9 Å². The summed E-state index contributed by atoms with van der Waals surface area (Å²) in [6, 6.07) is 8.82. The number of hydrogen-bond acceptors (Lipinski definition) is 4. The van der Waals surface area contributed by atoms with E-state index in [0.717, 1.165) is 6.07 Å². The summed E-state index contributed by atoms with van der Waals surface area (Å²) in [5, 5.41) is 2.75. The number of halogens is 2. The highest BCUT2D eigenvalue weighted by atomic mass is 35.5. The van der Waals surface area contributed by atoms with Crippen molar-refractivity contribution in [2.45, 2.75) is 6.42 Å². The Labute approximate surface area is 160 Å². The van der Waals surface area contributed by atoms with Crippen LogP contribution >= 0.6 is 11.6 Å². The lowest BCUT2D eigenvalue weighted by Gasteiger charge is -2.20. The van der Waals surface area contributed by atoms with Crippen molar-refractivity contribution in [1.82, 2.24) is 0 Å². The monoisotopic (exact) mass is 392 g/mol. The normalized spacial score (nSPS) is 16.4. The van der Waals surface area contributed by atoms with E-state index >= 15 is 0 Å². The Bertz CT molecular complexity index is 890. The van der Waals surface area contributed by atoms with Crippen LogP contribution < -0.4 is 19.7 Å². The molecule has 0 radical (unpaired) electrons. The van der Waals surface area contributed by atoms with Crippen LogP contribution in [-0.4, -0.2) is 32.6 Å². The van der Waals surface area contributed by atoms with Crippen molar-refractivity contribution in [3.05, 3.63) is 47.2 Å². The third kappa shape index (κ3) is 3.98. The molecule has 27 heavy (non-hydrogen) atoms. The molecule has 0 aliphatic carbocycles. The Kier molecular flexibility index (Phi) is 5.51. The smallest absolute Gasteiger partial charge is 0.229 e. The molecule has 6 nitrogen and oxygen atoms in total. The number of nitrogens with zero attached hydrogens (tertiary/aromatic N) is 1. The number of carbonyl (C=O) groups is 2. The molecule has 2 aromatic rings. The fourth-order valence-electron chi connectivity index (χ4n) is 2.95. The van der Waals surface area contributed by atoms with Gasteiger partial charge in [-0.15, -0.1) is 0 Å². The summed E-state index contributed by atoms with van der Waals surface area (Å²) in [5.74, 6) is -0.527. The average Bonchev–Trinajstić information content (AvgIpc) is 3.05. The molecular formula is C19H18ClFN2O4. The topological polar surface area (TPSA) is 67.9 Å². The number of carbonyl (C=O) groups excluding carboxylic acids is 2. The molecule has 0 spiro atoms. The molecule has 3 rings (SSSR count). The molecule has 2 aromatic carbocycles. The van der Waals surface area contributed by atoms with Gasteiger partial charge in [-0.3, -0.25) is 9.59 Å². The quantitative estimate of drug-likeness (QED) is 0.845. The highest BCUT2D eigenvalue weighted by molar-refractivity contribution is 6.33. The molecule has 1 aliphatic heterocycles. The van der Waals surface area contributed by atoms with Crippen LogP contribution in [0.4, 0.5) is 15.8 Å². The number of nitrogens with one attached hydrogen (secondary N) is 1. The lowest BCUT2D eigenvalue weighted by atomic mass is 10.1. The van der Waals surface area contributed by atoms with Crippen LogP contribution in [0.5, 0.6) is 11.5 Å². The van der Waals surface area contributed by atoms with Crippen molar-refractivity contribution in [1.29, 1.82) is 0 Å². The summed E-state index contributed by atoms with van der Waals surface area (Å²) in [5.41, 5.74) is 0.870. The Morgan fingerprint density at radius 2 is 2.00 bits per heavy atom. The van der Waals surface area contributed by atoms with E-state index in [9.17, 15) is 14.0 Å². The van der Waals surface area contributed by atoms with Crippen molar-refractivity contribution in [2.75, 3.05) is 31.0 Å². The molecule has 1 saturated heterocycles. The number of benzene rings is 2. The molecule has 142 valence electrons. The minimum absolute atomic E-state index is 0.0554. The molecule has 0 bridgehead atoms. The Balaban J connectivity index is 1.76. The van der Waals surface area contributed by atoms with Gasteiger partial charge in [-0.2, -0.15) is 0 Å². The number of rotatable bonds is 5. The van der Waals surface area contributed by atoms with Crippen LogP contribution in [0, 0.1) is 11.7 Å². The first-order chi connectivity index (χ1) is 12.9. The van der Waals surface area contributed by atoms with Gasteiger partial charge in [-0.25, -0.2) is 4.39 Å². The maximum atomic E-state index is 13.1. The van der Waals surface area contributed by atoms with E-state index < -0.39 is 11.7 Å². The van der Waals surface area contributed by atoms with E-state index in [-0.39, 0.29) is 29.8 Å². The minimum atomic E-state index is -0.564. The van der Waals surface area contributed by atoms with Crippen molar-refractivity contribution >= 4 is 34.8 Å². The fourth-order valence-corrected chi connectivity index (χ4v) is 3.16. The average molecular weight is 393 g/mol. The second-order valence-electron chi connectivity index (χ2n) is 6.06. The Morgan fingerprint density at radius 3 is 2.67 bits per heavy atom. The first-order valence-electron chi connectivity index (χ1n) is 8.21. The van der Waals surface area contributed by atoms with Crippen molar-refractivity contribution < 1.29 is 23.5 Å². The van der Waals surface area contributed by atoms with Gasteiger partial charge in [0.25, 0.3) is 0 Å². The van der Waals surface area contributed by atoms with E-state index in [1.165, 1.54) is 31.3 Å². The second kappa shape index (κ2) is 7.84. The van der Waals surface area contributed by atoms with E-state index in [1.807, 2.05) is 0 Å². The summed E-state index contributed by atoms with van der Waals surface area (Å²) in [6.07, 6.45) is 0.0554. The molecule has 1 heterocycles. The van der Waals surface area contributed by atoms with Crippen LogP contribution in [0.1, 0.15) is 6.42 Å². The predicted molar refractivity (Wildman–Crippen MR) is 100 cm³/mol. The molecular weight excluding hydrogens is 375 g/mol. The first kappa shape index (κ1) is 19.0. The number of amides is 2. The SMILES string of the molecule is COc1ccc(N2CC(C(=O)Nc3ccc(F)cc3Cl)CC2=O)c(OC)c1. The van der Waals surface area contributed by atoms with E-state index in [1.54, 1.807) is 18.2 Å². The molecule has 1 fully saturated rings. The van der Waals surface area contributed by atoms with Gasteiger partial charge in [0.15, 0.2) is 0 Å². The summed E-state index contributed by atoms with van der Waals surface area (Å²) < 4.78 is 23.6. The third-order valence-electron chi connectivity index (χ3n) is 4.36. The maximum Gasteiger partial charge on any atom is 0.229 e. The number of anilines is 2. The number of ether oxygens (including phenoxy) is 2. The predicted octanol–water partition coefficient (Wildman–Crippen LogP) is 3.49. The molecule has 1 N–H and O–H groups in total. The summed E-state index contributed by atoms with van der Waals surface area (Å²) in [7, 11) is 3.04. The first-order valence-corrected chi connectivity index (χ1v) is 8.59. The molecule has 2 amide bonds. The Hall–Kier alpha value is -2.80. The largest absolute Gasteiger partial charge is 0.497 e. The highest BCUT2D eigenvalue weighted by Gasteiger charge is 2.36. The van der Waals surface area contributed by atoms with Gasteiger partial charge in [0.05, 0.1) is 36.5 Å². The van der Waals surface area contributed by atoms with Gasteiger partial charge in [0, 0.05) is 19.0 Å². The summed E-state index contributed by atoms with van der Waals surface area (Å²) in [6.45, 7) is 0.201. The van der Waals surface area contributed by atoms with Crippen molar-refractivity contribution in [2.24, 2.45) is 5.92 Å². The zero-order valence-electron chi connectivity index (χ0n) is 14.8. The van der Waals surface area contributed by atoms with Crippen LogP contribution in [0.15, 0.2) is 36.4 Å². The molecule has 1 aliphatic rings. The zero-order chi connectivity index (χ0) is 19.6. The minimum Gasteiger partial charge on any atom is -0.497 e. The van der Waals surface area contributed by atoms with Gasteiger partial charge in [-0.05, 0) is 30.3 Å². The number of hydrogen-bond donors (Lipinski definition) is 1. The molecule has 0 aromatic heterocycles. The van der Waals surface area contributed by atoms with Crippen molar-refractivity contribution in [3.8, 4) is 11.5 Å². The van der Waals surface area contributed by atoms with Gasteiger partial charge in [-0.1, -0.05) is 11.6 Å². The van der Waals surface area contributed by atoms with Crippen molar-refractivity contribution in [3.63, 3.8) is 0 Å². The summed E-state index contributed by atoms with van der Waals surface area (Å²) >= 11 is 5.94. The van der Waals surface area contributed by atoms with Crippen LogP contribution in [-0.2, 0) is 9.59 Å². The standard InChI is InChI=1S/C19H18ClFN2O4/c1-26-13-4-6-16(17(9-13)27-2)23-10-11(7-18(23)24)19(25)22-15-5-3-12(21)8-14(15)20/h3-6,8-9,11H,7,10H2,1-2H3,(H,22,25). The Morgan fingerprint density at radius 1 is 1.22 bits per heavy atom. The van der Waals surface area contributed by atoms with Crippen LogP contribution in [0.2, 0.25) is 5.02 Å². The molecule has 1 atom stereocenters. The van der Waals surface area contributed by atoms with Crippen LogP contribution in [0.25, 0.3) is 0 Å². The lowest BCUT2D eigenvalue weighted by molar-refractivity contribution is -0.122. The molecule has 0 saturated carbocycles. The van der Waals surface area contributed by atoms with Gasteiger partial charge < -0.3 is 19.7 Å². The maximum absolute atomic E-state index is 13.1. The van der Waals surface area contributed by atoms with Gasteiger partial charge in [0.1, 0.15) is 17.3 Å². The zero-order valence-corrected chi connectivity index (χ0v) is 15.5. The fraction of sp³-hybridized carbons (Fsp3) is 0.263. The molecule has 8 heteroatoms. The van der Waals surface area contributed by atoms with Gasteiger partial charge in [0.2, 0.25) is 11.8 Å². The highest BCUT2D eigenvalue weighted by Crippen LogP contribution is 2.36. The van der Waals surface area contributed by atoms with Gasteiger partial charge >= 0.3 is 0 Å². The number of methoxy groups -OCH3 is 2. The second-order valence-corrected chi connectivity index (χ2v) is 6.46. The van der Waals surface area contributed by atoms with E-state index in [2.05, 4.69) is 5.32 Å². The lowest BCUT2D eigenvalue weighted by Crippen LogP contribution is -2.28. The molecule has 1 unspecified atom stereocenters.